The molecule has 2 aromatic heterocycles. The highest BCUT2D eigenvalue weighted by Gasteiger charge is 2.20. The largest absolute Gasteiger partial charge is 0.478 e. The molecule has 0 saturated carbocycles. The third kappa shape index (κ3) is 3.39. The number of aryl methyl sites for hydroxylation is 1. The van der Waals surface area contributed by atoms with Crippen molar-refractivity contribution >= 4 is 17.7 Å². The summed E-state index contributed by atoms with van der Waals surface area (Å²) in [5.74, 6) is -0.969. The zero-order chi connectivity index (χ0) is 14.9. The fourth-order valence-corrected chi connectivity index (χ4v) is 2.33. The van der Waals surface area contributed by atoms with E-state index in [1.807, 2.05) is 27.7 Å². The van der Waals surface area contributed by atoms with Gasteiger partial charge in [-0.2, -0.15) is 0 Å². The Hall–Kier alpha value is -1.82. The molecule has 1 N–H and O–H groups in total. The van der Waals surface area contributed by atoms with Gasteiger partial charge in [-0.3, -0.25) is 0 Å². The van der Waals surface area contributed by atoms with Crippen LogP contribution in [0.25, 0.3) is 0 Å². The molecule has 0 bridgehead atoms. The summed E-state index contributed by atoms with van der Waals surface area (Å²) in [7, 11) is 0. The van der Waals surface area contributed by atoms with Gasteiger partial charge in [-0.1, -0.05) is 20.8 Å². The van der Waals surface area contributed by atoms with Gasteiger partial charge in [0.15, 0.2) is 0 Å². The van der Waals surface area contributed by atoms with Gasteiger partial charge in [-0.15, -0.1) is 0 Å². The average molecular weight is 292 g/mol. The quantitative estimate of drug-likeness (QED) is 0.932. The molecular weight excluding hydrogens is 276 g/mol. The second-order valence-corrected chi connectivity index (χ2v) is 6.46. The number of pyridine rings is 1. The van der Waals surface area contributed by atoms with Crippen molar-refractivity contribution in [3.63, 3.8) is 0 Å². The molecular formula is C14H16N2O3S. The Morgan fingerprint density at radius 3 is 2.50 bits per heavy atom. The van der Waals surface area contributed by atoms with Crippen LogP contribution in [0.4, 0.5) is 0 Å². The Balaban J connectivity index is 2.41. The summed E-state index contributed by atoms with van der Waals surface area (Å²) in [6.45, 7) is 7.80. The number of hydrogen-bond donors (Lipinski definition) is 1. The van der Waals surface area contributed by atoms with Crippen molar-refractivity contribution in [1.82, 2.24) is 9.97 Å². The maximum absolute atomic E-state index is 11.2. The molecule has 2 rings (SSSR count). The first-order chi connectivity index (χ1) is 9.25. The Bertz CT molecular complexity index is 644. The molecule has 0 unspecified atom stereocenters. The zero-order valence-corrected chi connectivity index (χ0v) is 12.6. The molecule has 6 heteroatoms. The van der Waals surface area contributed by atoms with Crippen LogP contribution in [0.3, 0.4) is 0 Å². The topological polar surface area (TPSA) is 76.2 Å². The van der Waals surface area contributed by atoms with E-state index in [1.165, 1.54) is 17.8 Å². The minimum Gasteiger partial charge on any atom is -0.478 e. The van der Waals surface area contributed by atoms with E-state index in [0.29, 0.717) is 10.2 Å². The Morgan fingerprint density at radius 1 is 1.30 bits per heavy atom. The Kier molecular flexibility index (Phi) is 3.85. The van der Waals surface area contributed by atoms with Crippen molar-refractivity contribution in [1.29, 1.82) is 0 Å². The van der Waals surface area contributed by atoms with E-state index in [1.54, 1.807) is 12.3 Å². The molecule has 0 aromatic carbocycles. The summed E-state index contributed by atoms with van der Waals surface area (Å²) < 4.78 is 5.26. The van der Waals surface area contributed by atoms with E-state index in [9.17, 15) is 9.90 Å². The molecule has 106 valence electrons. The number of oxazole rings is 1. The predicted molar refractivity (Wildman–Crippen MR) is 75.3 cm³/mol. The minimum absolute atomic E-state index is 0.218. The van der Waals surface area contributed by atoms with Crippen LogP contribution in [-0.2, 0) is 5.41 Å². The average Bonchev–Trinajstić information content (AvgIpc) is 2.73. The van der Waals surface area contributed by atoms with Crippen LogP contribution in [0.15, 0.2) is 33.1 Å². The van der Waals surface area contributed by atoms with Gasteiger partial charge >= 0.3 is 5.97 Å². The van der Waals surface area contributed by atoms with E-state index >= 15 is 0 Å². The monoisotopic (exact) mass is 292 g/mol. The van der Waals surface area contributed by atoms with Crippen LogP contribution in [0, 0.1) is 6.92 Å². The van der Waals surface area contributed by atoms with Gasteiger partial charge in [-0.25, -0.2) is 14.8 Å². The number of hydrogen-bond acceptors (Lipinski definition) is 5. The van der Waals surface area contributed by atoms with Gasteiger partial charge in [-0.05, 0) is 30.8 Å². The molecule has 0 aliphatic carbocycles. The van der Waals surface area contributed by atoms with Crippen LogP contribution in [0.1, 0.15) is 42.5 Å². The summed E-state index contributed by atoms with van der Waals surface area (Å²) in [4.78, 5) is 19.9. The Labute approximate surface area is 121 Å². The van der Waals surface area contributed by atoms with E-state index in [2.05, 4.69) is 9.97 Å². The van der Waals surface area contributed by atoms with Crippen molar-refractivity contribution in [2.45, 2.75) is 43.4 Å². The molecule has 0 amide bonds. The lowest BCUT2D eigenvalue weighted by molar-refractivity contribution is 0.0696. The molecule has 0 spiro atoms. The molecule has 0 atom stereocenters. The van der Waals surface area contributed by atoms with E-state index < -0.39 is 5.97 Å². The molecule has 2 aromatic rings. The molecule has 0 saturated heterocycles. The maximum Gasteiger partial charge on any atom is 0.335 e. The summed E-state index contributed by atoms with van der Waals surface area (Å²) in [5, 5.41) is 10.2. The van der Waals surface area contributed by atoms with E-state index in [4.69, 9.17) is 4.42 Å². The zero-order valence-electron chi connectivity index (χ0n) is 11.8. The molecule has 2 heterocycles. The van der Waals surface area contributed by atoms with Crippen LogP contribution < -0.4 is 0 Å². The second-order valence-electron chi connectivity index (χ2n) is 5.49. The van der Waals surface area contributed by atoms with Crippen LogP contribution in [-0.4, -0.2) is 21.0 Å². The molecule has 20 heavy (non-hydrogen) atoms. The summed E-state index contributed by atoms with van der Waals surface area (Å²) in [6, 6.07) is 3.13. The fraction of sp³-hybridized carbons (Fsp3) is 0.357. The number of carboxylic acids is 1. The number of nitrogens with zero attached hydrogens (tertiary/aromatic N) is 2. The number of aromatic nitrogens is 2. The van der Waals surface area contributed by atoms with Crippen molar-refractivity contribution in [3.05, 3.63) is 35.3 Å². The highest BCUT2D eigenvalue weighted by Crippen LogP contribution is 2.29. The van der Waals surface area contributed by atoms with Gasteiger partial charge in [0.05, 0.1) is 11.3 Å². The SMILES string of the molecule is Cc1coc(Sc2cc(C(=O)O)cc(C(C)(C)C)n2)n1. The first-order valence-electron chi connectivity index (χ1n) is 6.11. The van der Waals surface area contributed by atoms with Crippen molar-refractivity contribution in [3.8, 4) is 0 Å². The molecule has 0 fully saturated rings. The molecule has 0 aliphatic rings. The summed E-state index contributed by atoms with van der Waals surface area (Å²) in [5.41, 5.74) is 1.49. The van der Waals surface area contributed by atoms with Crippen molar-refractivity contribution in [2.24, 2.45) is 0 Å². The lowest BCUT2D eigenvalue weighted by Crippen LogP contribution is -2.15. The Morgan fingerprint density at radius 2 is 2.00 bits per heavy atom. The van der Waals surface area contributed by atoms with Crippen LogP contribution in [0.5, 0.6) is 0 Å². The normalized spacial score (nSPS) is 11.6. The minimum atomic E-state index is -0.969. The summed E-state index contributed by atoms with van der Waals surface area (Å²) in [6.07, 6.45) is 1.55. The first kappa shape index (κ1) is 14.6. The number of carbonyl (C=O) groups is 1. The van der Waals surface area contributed by atoms with Gasteiger partial charge < -0.3 is 9.52 Å². The third-order valence-electron chi connectivity index (χ3n) is 2.61. The van der Waals surface area contributed by atoms with Crippen molar-refractivity contribution in [2.75, 3.05) is 0 Å². The fourth-order valence-electron chi connectivity index (χ4n) is 1.53. The predicted octanol–water partition coefficient (Wildman–Crippen LogP) is 3.52. The van der Waals surface area contributed by atoms with Crippen molar-refractivity contribution < 1.29 is 14.3 Å². The van der Waals surface area contributed by atoms with Crippen LogP contribution in [0.2, 0.25) is 0 Å². The highest BCUT2D eigenvalue weighted by molar-refractivity contribution is 7.99. The smallest absolute Gasteiger partial charge is 0.335 e. The third-order valence-corrected chi connectivity index (χ3v) is 3.39. The van der Waals surface area contributed by atoms with Gasteiger partial charge in [0.25, 0.3) is 5.22 Å². The standard InChI is InChI=1S/C14H16N2O3S/c1-8-7-19-13(15-8)20-11-6-9(12(17)18)5-10(16-11)14(2,3)4/h5-7H,1-4H3,(H,17,18). The lowest BCUT2D eigenvalue weighted by atomic mass is 9.91. The molecule has 5 nitrogen and oxygen atoms in total. The number of rotatable bonds is 3. The maximum atomic E-state index is 11.2. The first-order valence-corrected chi connectivity index (χ1v) is 6.93. The van der Waals surface area contributed by atoms with Gasteiger partial charge in [0.1, 0.15) is 11.3 Å². The molecule has 0 aliphatic heterocycles. The van der Waals surface area contributed by atoms with E-state index in [0.717, 1.165) is 11.4 Å². The highest BCUT2D eigenvalue weighted by atomic mass is 32.2. The number of carboxylic acid groups (broad SMARTS) is 1. The molecule has 0 radical (unpaired) electrons. The van der Waals surface area contributed by atoms with Crippen LogP contribution >= 0.6 is 11.8 Å². The lowest BCUT2D eigenvalue weighted by Gasteiger charge is -2.18. The van der Waals surface area contributed by atoms with E-state index in [-0.39, 0.29) is 11.0 Å². The second kappa shape index (κ2) is 5.28. The summed E-state index contributed by atoms with van der Waals surface area (Å²) >= 11 is 1.22. The van der Waals surface area contributed by atoms with Gasteiger partial charge in [0.2, 0.25) is 0 Å². The van der Waals surface area contributed by atoms with Gasteiger partial charge in [0, 0.05) is 11.1 Å². The number of aromatic carboxylic acids is 1.